The monoisotopic (exact) mass is 343 g/mol. The van der Waals surface area contributed by atoms with Gasteiger partial charge < -0.3 is 0 Å². The molecule has 17 heavy (non-hydrogen) atoms. The number of hydrogen-bond acceptors (Lipinski definition) is 0. The molecule has 0 unspecified atom stereocenters. The first-order valence-electron chi connectivity index (χ1n) is 8.46. The van der Waals surface area contributed by atoms with Crippen molar-refractivity contribution in [2.75, 3.05) is 0 Å². The van der Waals surface area contributed by atoms with E-state index in [-0.39, 0.29) is 0 Å². The van der Waals surface area contributed by atoms with Crippen LogP contribution in [0.1, 0.15) is 79.1 Å². The van der Waals surface area contributed by atoms with E-state index in [2.05, 4.69) is 27.7 Å². The second-order valence-corrected chi connectivity index (χ2v) is 22.8. The number of unbranched alkanes of at least 4 members (excludes halogenated alkanes) is 4. The Morgan fingerprint density at radius 1 is 0.471 bits per heavy atom. The Kier molecular flexibility index (Phi) is 12.5. The van der Waals surface area contributed by atoms with Gasteiger partial charge in [-0.1, -0.05) is 0 Å². The Balaban J connectivity index is 4.39. The topological polar surface area (TPSA) is 0 Å². The van der Waals surface area contributed by atoms with Crippen molar-refractivity contribution in [2.24, 2.45) is 0 Å². The average Bonchev–Trinajstić information content (AvgIpc) is 2.37. The van der Waals surface area contributed by atoms with Gasteiger partial charge in [0.05, 0.1) is 0 Å². The Labute approximate surface area is 115 Å². The van der Waals surface area contributed by atoms with Crippen LogP contribution in [0.4, 0.5) is 0 Å². The number of rotatable bonds is 12. The van der Waals surface area contributed by atoms with E-state index in [4.69, 9.17) is 0 Å². The predicted octanol–water partition coefficient (Wildman–Crippen LogP) is 6.64. The average molecular weight is 343 g/mol. The van der Waals surface area contributed by atoms with Gasteiger partial charge in [-0.15, -0.1) is 0 Å². The van der Waals surface area contributed by atoms with Crippen LogP contribution in [0.3, 0.4) is 0 Å². The van der Waals surface area contributed by atoms with Crippen molar-refractivity contribution in [3.63, 3.8) is 0 Å². The van der Waals surface area contributed by atoms with E-state index in [1.54, 1.807) is 16.7 Å². The summed E-state index contributed by atoms with van der Waals surface area (Å²) in [6.07, 6.45) is 11.8. The molecule has 0 aliphatic rings. The van der Waals surface area contributed by atoms with E-state index in [1.165, 1.54) is 51.4 Å². The van der Waals surface area contributed by atoms with Crippen molar-refractivity contribution in [1.82, 2.24) is 0 Å². The molecular weight excluding hydrogens is 307 g/mol. The molecule has 0 aromatic heterocycles. The molecule has 0 fully saturated rings. The Morgan fingerprint density at radius 2 is 0.706 bits per heavy atom. The van der Waals surface area contributed by atoms with Crippen molar-refractivity contribution < 1.29 is 0 Å². The summed E-state index contributed by atoms with van der Waals surface area (Å²) in [7, 11) is 0. The summed E-state index contributed by atoms with van der Waals surface area (Å²) < 4.78 is 6.84. The summed E-state index contributed by atoms with van der Waals surface area (Å²) in [5, 5.41) is 0. The minimum absolute atomic E-state index is 1.42. The van der Waals surface area contributed by atoms with Gasteiger partial charge in [-0.2, -0.15) is 0 Å². The third kappa shape index (κ3) is 8.56. The Bertz CT molecular complexity index is 116. The van der Waals surface area contributed by atoms with E-state index in [9.17, 15) is 0 Å². The fourth-order valence-electron chi connectivity index (χ4n) is 3.41. The zero-order chi connectivity index (χ0) is 13.0. The minimum atomic E-state index is -1.81. The molecule has 0 nitrogen and oxygen atoms in total. The molecule has 0 heterocycles. The van der Waals surface area contributed by atoms with Gasteiger partial charge in [0.25, 0.3) is 0 Å². The molecule has 0 aliphatic heterocycles. The molecule has 104 valence electrons. The molecule has 0 N–H and O–H groups in total. The third-order valence-electron chi connectivity index (χ3n) is 4.68. The van der Waals surface area contributed by atoms with Crippen LogP contribution in [-0.2, 0) is 0 Å². The van der Waals surface area contributed by atoms with E-state index in [1.807, 2.05) is 0 Å². The van der Waals surface area contributed by atoms with Gasteiger partial charge >= 0.3 is 116 Å². The normalized spacial score (nSPS) is 12.0. The zero-order valence-corrected chi connectivity index (χ0v) is 16.4. The molecule has 0 radical (unpaired) electrons. The number of hydrogen-bond donors (Lipinski definition) is 0. The summed E-state index contributed by atoms with van der Waals surface area (Å²) in [5.74, 6) is 0. The third-order valence-corrected chi connectivity index (χ3v) is 23.3. The molecule has 0 amide bonds. The van der Waals surface area contributed by atoms with E-state index >= 15 is 0 Å². The van der Waals surface area contributed by atoms with Gasteiger partial charge in [0.1, 0.15) is 0 Å². The first-order chi connectivity index (χ1) is 8.24. The fourth-order valence-corrected chi connectivity index (χ4v) is 22.9. The van der Waals surface area contributed by atoms with Crippen molar-refractivity contribution in [2.45, 2.75) is 95.8 Å². The molecule has 0 spiro atoms. The summed E-state index contributed by atoms with van der Waals surface area (Å²) in [6, 6.07) is 0. The molecule has 0 aromatic carbocycles. The zero-order valence-electron chi connectivity index (χ0n) is 13.1. The van der Waals surface area contributed by atoms with Gasteiger partial charge in [0, 0.05) is 0 Å². The second kappa shape index (κ2) is 11.9. The quantitative estimate of drug-likeness (QED) is 0.373. The molecule has 0 aliphatic carbocycles. The molecule has 0 saturated heterocycles. The fraction of sp³-hybridized carbons (Fsp3) is 1.00. The molecule has 0 atom stereocenters. The SMILES string of the molecule is CCC[CH2][In-]([CH2]CCC)([CH2]CCC)[CH2]CCC. The Hall–Kier alpha value is 0.870. The van der Waals surface area contributed by atoms with Gasteiger partial charge in [-0.25, -0.2) is 0 Å². The molecule has 0 bridgehead atoms. The van der Waals surface area contributed by atoms with E-state index < -0.39 is 20.0 Å². The summed E-state index contributed by atoms with van der Waals surface area (Å²) in [6.45, 7) is 9.49. The van der Waals surface area contributed by atoms with Crippen LogP contribution in [0, 0.1) is 0 Å². The molecular formula is C16H36In-. The molecule has 0 saturated carbocycles. The molecule has 0 rings (SSSR count). The van der Waals surface area contributed by atoms with Crippen molar-refractivity contribution in [1.29, 1.82) is 0 Å². The first kappa shape index (κ1) is 17.9. The summed E-state index contributed by atoms with van der Waals surface area (Å²) in [4.78, 5) is 0. The second-order valence-electron chi connectivity index (χ2n) is 6.30. The standard InChI is InChI=1S/4C4H9.In/c4*1-3-4-2;/h4*1,3-4H2,2H3;/q;;;;-1. The summed E-state index contributed by atoms with van der Waals surface area (Å²) in [5.41, 5.74) is 0. The molecule has 1 heteroatoms. The summed E-state index contributed by atoms with van der Waals surface area (Å²) >= 11 is -1.81. The van der Waals surface area contributed by atoms with Crippen molar-refractivity contribution in [3.8, 4) is 0 Å². The first-order valence-corrected chi connectivity index (χ1v) is 17.8. The van der Waals surface area contributed by atoms with Crippen LogP contribution in [-0.4, -0.2) is 20.0 Å². The van der Waals surface area contributed by atoms with Gasteiger partial charge in [-0.3, -0.25) is 0 Å². The maximum absolute atomic E-state index is 2.37. The predicted molar refractivity (Wildman–Crippen MR) is 84.6 cm³/mol. The van der Waals surface area contributed by atoms with Crippen LogP contribution >= 0.6 is 0 Å². The van der Waals surface area contributed by atoms with Gasteiger partial charge in [0.2, 0.25) is 0 Å². The van der Waals surface area contributed by atoms with Crippen molar-refractivity contribution >= 4 is 20.0 Å². The van der Waals surface area contributed by atoms with Crippen LogP contribution < -0.4 is 0 Å². The van der Waals surface area contributed by atoms with Gasteiger partial charge in [-0.05, 0) is 0 Å². The maximum atomic E-state index is 2.37. The van der Waals surface area contributed by atoms with Gasteiger partial charge in [0.15, 0.2) is 0 Å². The molecule has 0 aromatic rings. The van der Waals surface area contributed by atoms with Crippen LogP contribution in [0.15, 0.2) is 0 Å². The van der Waals surface area contributed by atoms with Crippen molar-refractivity contribution in [3.05, 3.63) is 0 Å². The Morgan fingerprint density at radius 3 is 0.882 bits per heavy atom. The van der Waals surface area contributed by atoms with Crippen LogP contribution in [0.25, 0.3) is 0 Å². The van der Waals surface area contributed by atoms with Crippen LogP contribution in [0.5, 0.6) is 0 Å². The van der Waals surface area contributed by atoms with E-state index in [0.29, 0.717) is 0 Å². The van der Waals surface area contributed by atoms with Crippen LogP contribution in [0.2, 0.25) is 16.7 Å². The van der Waals surface area contributed by atoms with E-state index in [0.717, 1.165) is 0 Å².